The molecule has 4 amide bonds. The summed E-state index contributed by atoms with van der Waals surface area (Å²) in [7, 11) is 1.72. The first-order chi connectivity index (χ1) is 15.9. The van der Waals surface area contributed by atoms with E-state index in [0.717, 1.165) is 36.3 Å². The Balaban J connectivity index is 1.33. The van der Waals surface area contributed by atoms with Crippen molar-refractivity contribution in [2.75, 3.05) is 13.6 Å². The minimum Gasteiger partial charge on any atom is -0.341 e. The molecule has 1 aliphatic carbocycles. The van der Waals surface area contributed by atoms with Gasteiger partial charge < -0.3 is 14.8 Å². The SMILES string of the molecule is CCn1c2ccccc2c2cc(CN(C)C(=O)CN3C(=O)NC4(CCCCC4)C3=O)ccc21. The molecule has 2 aliphatic rings. The van der Waals surface area contributed by atoms with Crippen LogP contribution in [0.25, 0.3) is 21.8 Å². The monoisotopic (exact) mass is 446 g/mol. The Morgan fingerprint density at radius 3 is 2.52 bits per heavy atom. The topological polar surface area (TPSA) is 74.7 Å². The second-order valence-electron chi connectivity index (χ2n) is 9.33. The third kappa shape index (κ3) is 3.56. The first kappa shape index (κ1) is 21.5. The van der Waals surface area contributed by atoms with Gasteiger partial charge in [0.2, 0.25) is 5.91 Å². The predicted molar refractivity (Wildman–Crippen MR) is 128 cm³/mol. The molecule has 0 unspecified atom stereocenters. The van der Waals surface area contributed by atoms with Crippen LogP contribution in [-0.2, 0) is 22.7 Å². The quantitative estimate of drug-likeness (QED) is 0.602. The zero-order valence-corrected chi connectivity index (χ0v) is 19.3. The molecule has 1 saturated heterocycles. The molecule has 2 heterocycles. The fraction of sp³-hybridized carbons (Fsp3) is 0.423. The molecular formula is C26H30N4O3. The van der Waals surface area contributed by atoms with Crippen molar-refractivity contribution in [3.63, 3.8) is 0 Å². The van der Waals surface area contributed by atoms with Gasteiger partial charge in [-0.05, 0) is 43.5 Å². The lowest BCUT2D eigenvalue weighted by atomic mass is 9.82. The van der Waals surface area contributed by atoms with Crippen molar-refractivity contribution in [2.45, 2.75) is 57.7 Å². The third-order valence-electron chi connectivity index (χ3n) is 7.24. The summed E-state index contributed by atoms with van der Waals surface area (Å²) in [6.07, 6.45) is 4.23. The maximum atomic E-state index is 13.0. The molecule has 1 aromatic heterocycles. The molecule has 7 heteroatoms. The van der Waals surface area contributed by atoms with Gasteiger partial charge in [0.05, 0.1) is 0 Å². The number of aryl methyl sites for hydroxylation is 1. The van der Waals surface area contributed by atoms with Crippen LogP contribution in [0.15, 0.2) is 42.5 Å². The highest BCUT2D eigenvalue weighted by atomic mass is 16.2. The molecule has 33 heavy (non-hydrogen) atoms. The molecule has 5 rings (SSSR count). The van der Waals surface area contributed by atoms with E-state index in [9.17, 15) is 14.4 Å². The van der Waals surface area contributed by atoms with Gasteiger partial charge >= 0.3 is 6.03 Å². The summed E-state index contributed by atoms with van der Waals surface area (Å²) in [6.45, 7) is 3.21. The first-order valence-electron chi connectivity index (χ1n) is 11.8. The number of hydrogen-bond donors (Lipinski definition) is 1. The zero-order chi connectivity index (χ0) is 23.2. The number of nitrogens with one attached hydrogen (secondary N) is 1. The fourth-order valence-corrected chi connectivity index (χ4v) is 5.47. The summed E-state index contributed by atoms with van der Waals surface area (Å²) >= 11 is 0. The highest BCUT2D eigenvalue weighted by molar-refractivity contribution is 6.09. The van der Waals surface area contributed by atoms with Crippen LogP contribution in [0.1, 0.15) is 44.6 Å². The lowest BCUT2D eigenvalue weighted by Gasteiger charge is -2.30. The van der Waals surface area contributed by atoms with Crippen molar-refractivity contribution >= 4 is 39.7 Å². The maximum Gasteiger partial charge on any atom is 0.325 e. The Bertz CT molecular complexity index is 1260. The number of benzene rings is 2. The molecule has 3 aromatic rings. The molecule has 7 nitrogen and oxygen atoms in total. The van der Waals surface area contributed by atoms with Gasteiger partial charge in [-0.15, -0.1) is 0 Å². The van der Waals surface area contributed by atoms with Crippen molar-refractivity contribution in [1.29, 1.82) is 0 Å². The number of imide groups is 1. The van der Waals surface area contributed by atoms with E-state index in [-0.39, 0.29) is 18.4 Å². The zero-order valence-electron chi connectivity index (χ0n) is 19.3. The van der Waals surface area contributed by atoms with Crippen molar-refractivity contribution < 1.29 is 14.4 Å². The van der Waals surface area contributed by atoms with E-state index >= 15 is 0 Å². The van der Waals surface area contributed by atoms with Gasteiger partial charge in [0.1, 0.15) is 12.1 Å². The van der Waals surface area contributed by atoms with Crippen LogP contribution in [0.4, 0.5) is 4.79 Å². The van der Waals surface area contributed by atoms with Gasteiger partial charge in [0, 0.05) is 41.9 Å². The number of urea groups is 1. The van der Waals surface area contributed by atoms with Gasteiger partial charge in [-0.3, -0.25) is 14.5 Å². The number of amides is 4. The van der Waals surface area contributed by atoms with Gasteiger partial charge in [-0.2, -0.15) is 0 Å². The first-order valence-corrected chi connectivity index (χ1v) is 11.8. The number of carbonyl (C=O) groups is 3. The van der Waals surface area contributed by atoms with Crippen LogP contribution < -0.4 is 5.32 Å². The Labute approximate surface area is 193 Å². The molecule has 1 N–H and O–H groups in total. The standard InChI is InChI=1S/C26H30N4O3/c1-3-29-21-10-6-5-9-19(21)20-15-18(11-12-22(20)29)16-28(2)23(31)17-30-24(32)26(27-25(30)33)13-7-4-8-14-26/h5-6,9-12,15H,3-4,7-8,13-14,16-17H2,1-2H3,(H,27,33). The summed E-state index contributed by atoms with van der Waals surface area (Å²) < 4.78 is 2.29. The fourth-order valence-electron chi connectivity index (χ4n) is 5.47. The summed E-state index contributed by atoms with van der Waals surface area (Å²) in [5, 5.41) is 5.23. The molecule has 2 aromatic carbocycles. The summed E-state index contributed by atoms with van der Waals surface area (Å²) in [6, 6.07) is 14.2. The average molecular weight is 447 g/mol. The molecule has 1 aliphatic heterocycles. The van der Waals surface area contributed by atoms with E-state index in [2.05, 4.69) is 41.1 Å². The molecular weight excluding hydrogens is 416 g/mol. The Hall–Kier alpha value is -3.35. The highest BCUT2D eigenvalue weighted by Crippen LogP contribution is 2.34. The Morgan fingerprint density at radius 1 is 1.03 bits per heavy atom. The molecule has 0 radical (unpaired) electrons. The van der Waals surface area contributed by atoms with Gasteiger partial charge in [-0.25, -0.2) is 4.79 Å². The minimum absolute atomic E-state index is 0.222. The minimum atomic E-state index is -0.799. The maximum absolute atomic E-state index is 13.0. The van der Waals surface area contributed by atoms with Crippen LogP contribution in [-0.4, -0.2) is 51.3 Å². The van der Waals surface area contributed by atoms with Gasteiger partial charge in [0.15, 0.2) is 0 Å². The summed E-state index contributed by atoms with van der Waals surface area (Å²) in [5.74, 6) is -0.495. The third-order valence-corrected chi connectivity index (χ3v) is 7.24. The normalized spacial score (nSPS) is 17.8. The number of carbonyl (C=O) groups excluding carboxylic acids is 3. The van der Waals surface area contributed by atoms with Crippen molar-refractivity contribution in [3.05, 3.63) is 48.0 Å². The van der Waals surface area contributed by atoms with Crippen LogP contribution >= 0.6 is 0 Å². The number of nitrogens with zero attached hydrogens (tertiary/aromatic N) is 3. The van der Waals surface area contributed by atoms with E-state index in [1.165, 1.54) is 21.8 Å². The number of aromatic nitrogens is 1. The largest absolute Gasteiger partial charge is 0.341 e. The molecule has 0 atom stereocenters. The van der Waals surface area contributed by atoms with Crippen LogP contribution in [0.2, 0.25) is 0 Å². The predicted octanol–water partition coefficient (Wildman–Crippen LogP) is 4.03. The van der Waals surface area contributed by atoms with Crippen LogP contribution in [0.5, 0.6) is 0 Å². The van der Waals surface area contributed by atoms with Crippen LogP contribution in [0, 0.1) is 0 Å². The van der Waals surface area contributed by atoms with Crippen molar-refractivity contribution in [2.24, 2.45) is 0 Å². The van der Waals surface area contributed by atoms with Crippen molar-refractivity contribution in [1.82, 2.24) is 19.7 Å². The molecule has 1 saturated carbocycles. The number of para-hydroxylation sites is 1. The number of rotatable bonds is 5. The second-order valence-corrected chi connectivity index (χ2v) is 9.33. The van der Waals surface area contributed by atoms with E-state index < -0.39 is 11.6 Å². The van der Waals surface area contributed by atoms with Gasteiger partial charge in [0.25, 0.3) is 5.91 Å². The smallest absolute Gasteiger partial charge is 0.325 e. The summed E-state index contributed by atoms with van der Waals surface area (Å²) in [4.78, 5) is 41.1. The van der Waals surface area contributed by atoms with Crippen molar-refractivity contribution in [3.8, 4) is 0 Å². The highest BCUT2D eigenvalue weighted by Gasteiger charge is 2.51. The molecule has 1 spiro atoms. The molecule has 0 bridgehead atoms. The molecule has 2 fully saturated rings. The molecule has 172 valence electrons. The van der Waals surface area contributed by atoms with Crippen LogP contribution in [0.3, 0.4) is 0 Å². The van der Waals surface area contributed by atoms with E-state index in [1.54, 1.807) is 11.9 Å². The Kier molecular flexibility index (Phi) is 5.35. The van der Waals surface area contributed by atoms with E-state index in [0.29, 0.717) is 19.4 Å². The average Bonchev–Trinajstić information content (AvgIpc) is 3.25. The van der Waals surface area contributed by atoms with E-state index in [4.69, 9.17) is 0 Å². The summed E-state index contributed by atoms with van der Waals surface area (Å²) in [5.41, 5.74) is 2.59. The van der Waals surface area contributed by atoms with E-state index in [1.807, 2.05) is 18.2 Å². The van der Waals surface area contributed by atoms with Gasteiger partial charge in [-0.1, -0.05) is 43.5 Å². The number of hydrogen-bond acceptors (Lipinski definition) is 3. The number of fused-ring (bicyclic) bond motifs is 3. The Morgan fingerprint density at radius 2 is 1.76 bits per heavy atom. The lowest BCUT2D eigenvalue weighted by molar-refractivity contribution is -0.139. The lowest BCUT2D eigenvalue weighted by Crippen LogP contribution is -2.49. The number of likely N-dealkylation sites (N-methyl/N-ethyl adjacent to an activating group) is 1. The second kappa shape index (κ2) is 8.21.